The van der Waals surface area contributed by atoms with Crippen molar-refractivity contribution < 1.29 is 14.3 Å². The van der Waals surface area contributed by atoms with Gasteiger partial charge in [-0.05, 0) is 33.3 Å². The molecule has 1 saturated heterocycles. The second-order valence-electron chi connectivity index (χ2n) is 5.76. The molecular weight excluding hydrogens is 242 g/mol. The van der Waals surface area contributed by atoms with E-state index in [1.165, 1.54) is 0 Å². The monoisotopic (exact) mass is 263 g/mol. The maximum atomic E-state index is 12.3. The van der Waals surface area contributed by atoms with Crippen LogP contribution in [0.1, 0.15) is 39.3 Å². The minimum atomic E-state index is -0.499. The average Bonchev–Trinajstić information content (AvgIpc) is 3.12. The number of ether oxygens (including phenoxy) is 2. The van der Waals surface area contributed by atoms with E-state index in [-0.39, 0.29) is 18.4 Å². The number of hydrogen-bond acceptors (Lipinski definition) is 3. The molecular formula is C15H21NO3. The zero-order valence-corrected chi connectivity index (χ0v) is 11.9. The molecule has 2 rings (SSSR count). The van der Waals surface area contributed by atoms with Crippen LogP contribution in [0.3, 0.4) is 0 Å². The first kappa shape index (κ1) is 13.9. The molecule has 0 radical (unpaired) electrons. The molecule has 1 aliphatic heterocycles. The average molecular weight is 263 g/mol. The summed E-state index contributed by atoms with van der Waals surface area (Å²) < 4.78 is 10.7. The van der Waals surface area contributed by atoms with E-state index >= 15 is 0 Å². The third-order valence-electron chi connectivity index (χ3n) is 2.93. The van der Waals surface area contributed by atoms with Gasteiger partial charge < -0.3 is 9.47 Å². The predicted octanol–water partition coefficient (Wildman–Crippen LogP) is 3.34. The summed E-state index contributed by atoms with van der Waals surface area (Å²) in [6, 6.07) is 9.83. The molecule has 4 nitrogen and oxygen atoms in total. The van der Waals surface area contributed by atoms with Crippen molar-refractivity contribution in [1.82, 2.24) is 4.90 Å². The number of rotatable bonds is 3. The lowest BCUT2D eigenvalue weighted by Crippen LogP contribution is -2.40. The lowest BCUT2D eigenvalue weighted by Gasteiger charge is -2.30. The SMILES string of the molecule is CC(c1ccccc1)N(C(=O)OC(C)(C)C)[C@H]1CO1. The summed E-state index contributed by atoms with van der Waals surface area (Å²) in [6.07, 6.45) is -0.489. The van der Waals surface area contributed by atoms with E-state index in [1.807, 2.05) is 58.0 Å². The fourth-order valence-corrected chi connectivity index (χ4v) is 1.94. The summed E-state index contributed by atoms with van der Waals surface area (Å²) in [7, 11) is 0. The molecule has 1 aromatic rings. The molecule has 0 N–H and O–H groups in total. The molecule has 1 heterocycles. The van der Waals surface area contributed by atoms with Gasteiger partial charge in [0.1, 0.15) is 5.60 Å². The normalized spacial score (nSPS) is 19.7. The number of epoxide rings is 1. The fraction of sp³-hybridized carbons (Fsp3) is 0.533. The van der Waals surface area contributed by atoms with Crippen molar-refractivity contribution in [3.63, 3.8) is 0 Å². The van der Waals surface area contributed by atoms with E-state index in [2.05, 4.69) is 0 Å². The van der Waals surface area contributed by atoms with Crippen LogP contribution in [0.5, 0.6) is 0 Å². The molecule has 0 bridgehead atoms. The van der Waals surface area contributed by atoms with E-state index in [0.717, 1.165) is 5.56 Å². The Labute approximate surface area is 114 Å². The standard InChI is InChI=1S/C15H21NO3/c1-11(12-8-6-5-7-9-12)16(13-10-18-13)14(17)19-15(2,3)4/h5-9,11,13H,10H2,1-4H3/t11?,13-/m1/s1. The molecule has 1 aromatic carbocycles. The summed E-state index contributed by atoms with van der Waals surface area (Å²) in [4.78, 5) is 13.9. The number of benzene rings is 1. The van der Waals surface area contributed by atoms with Crippen LogP contribution < -0.4 is 0 Å². The van der Waals surface area contributed by atoms with Gasteiger partial charge in [-0.1, -0.05) is 30.3 Å². The van der Waals surface area contributed by atoms with Crippen molar-refractivity contribution in [2.75, 3.05) is 6.61 Å². The molecule has 0 aliphatic carbocycles. The Hall–Kier alpha value is -1.55. The first-order chi connectivity index (χ1) is 8.88. The van der Waals surface area contributed by atoms with E-state index < -0.39 is 5.60 Å². The summed E-state index contributed by atoms with van der Waals surface area (Å²) in [6.45, 7) is 8.16. The smallest absolute Gasteiger partial charge is 0.412 e. The van der Waals surface area contributed by atoms with Gasteiger partial charge in [-0.3, -0.25) is 4.90 Å². The highest BCUT2D eigenvalue weighted by Crippen LogP contribution is 2.29. The molecule has 0 saturated carbocycles. The Morgan fingerprint density at radius 3 is 2.42 bits per heavy atom. The summed E-state index contributed by atoms with van der Waals surface area (Å²) in [5.41, 5.74) is 0.574. The van der Waals surface area contributed by atoms with E-state index in [0.29, 0.717) is 6.61 Å². The quantitative estimate of drug-likeness (QED) is 0.785. The number of nitrogens with zero attached hydrogens (tertiary/aromatic N) is 1. The number of carbonyl (C=O) groups is 1. The maximum absolute atomic E-state index is 12.3. The fourth-order valence-electron chi connectivity index (χ4n) is 1.94. The second kappa shape index (κ2) is 5.21. The van der Waals surface area contributed by atoms with Gasteiger partial charge >= 0.3 is 6.09 Å². The van der Waals surface area contributed by atoms with Gasteiger partial charge in [0.05, 0.1) is 12.6 Å². The van der Waals surface area contributed by atoms with Crippen molar-refractivity contribution in [3.8, 4) is 0 Å². The number of hydrogen-bond donors (Lipinski definition) is 0. The maximum Gasteiger partial charge on any atom is 0.412 e. The highest BCUT2D eigenvalue weighted by molar-refractivity contribution is 5.69. The van der Waals surface area contributed by atoms with Crippen LogP contribution in [0.4, 0.5) is 4.79 Å². The van der Waals surface area contributed by atoms with E-state index in [4.69, 9.17) is 9.47 Å². The molecule has 104 valence electrons. The summed E-state index contributed by atoms with van der Waals surface area (Å²) in [5, 5.41) is 0. The van der Waals surface area contributed by atoms with Gasteiger partial charge in [0, 0.05) is 0 Å². The molecule has 1 aliphatic rings. The van der Waals surface area contributed by atoms with Crippen LogP contribution in [0, 0.1) is 0 Å². The Balaban J connectivity index is 2.14. The second-order valence-corrected chi connectivity index (χ2v) is 5.76. The van der Waals surface area contributed by atoms with Crippen LogP contribution in [0.25, 0.3) is 0 Å². The molecule has 2 atom stereocenters. The highest BCUT2D eigenvalue weighted by atomic mass is 16.6. The third-order valence-corrected chi connectivity index (χ3v) is 2.93. The number of amides is 1. The van der Waals surface area contributed by atoms with Crippen molar-refractivity contribution in [1.29, 1.82) is 0 Å². The predicted molar refractivity (Wildman–Crippen MR) is 72.7 cm³/mol. The Morgan fingerprint density at radius 1 is 1.37 bits per heavy atom. The van der Waals surface area contributed by atoms with Gasteiger partial charge in [0.2, 0.25) is 0 Å². The van der Waals surface area contributed by atoms with Crippen molar-refractivity contribution in [3.05, 3.63) is 35.9 Å². The minimum Gasteiger partial charge on any atom is -0.444 e. The Kier molecular flexibility index (Phi) is 3.80. The molecule has 0 aromatic heterocycles. The topological polar surface area (TPSA) is 42.1 Å². The highest BCUT2D eigenvalue weighted by Gasteiger charge is 2.40. The number of carbonyl (C=O) groups excluding carboxylic acids is 1. The molecule has 0 spiro atoms. The first-order valence-corrected chi connectivity index (χ1v) is 6.56. The van der Waals surface area contributed by atoms with E-state index in [9.17, 15) is 4.79 Å². The zero-order valence-electron chi connectivity index (χ0n) is 11.9. The van der Waals surface area contributed by atoms with Gasteiger partial charge in [-0.25, -0.2) is 4.79 Å². The Morgan fingerprint density at radius 2 is 1.95 bits per heavy atom. The van der Waals surface area contributed by atoms with Gasteiger partial charge in [0.25, 0.3) is 0 Å². The third kappa shape index (κ3) is 3.70. The van der Waals surface area contributed by atoms with Gasteiger partial charge in [-0.2, -0.15) is 0 Å². The van der Waals surface area contributed by atoms with Crippen LogP contribution in [0.2, 0.25) is 0 Å². The van der Waals surface area contributed by atoms with Crippen LogP contribution in [-0.2, 0) is 9.47 Å². The largest absolute Gasteiger partial charge is 0.444 e. The lowest BCUT2D eigenvalue weighted by molar-refractivity contribution is 0.00619. The van der Waals surface area contributed by atoms with Gasteiger partial charge in [-0.15, -0.1) is 0 Å². The molecule has 4 heteroatoms. The summed E-state index contributed by atoms with van der Waals surface area (Å²) >= 11 is 0. The van der Waals surface area contributed by atoms with Crippen molar-refractivity contribution >= 4 is 6.09 Å². The van der Waals surface area contributed by atoms with Crippen LogP contribution in [0.15, 0.2) is 30.3 Å². The summed E-state index contributed by atoms with van der Waals surface area (Å²) in [5.74, 6) is 0. The van der Waals surface area contributed by atoms with Gasteiger partial charge in [0.15, 0.2) is 6.23 Å². The first-order valence-electron chi connectivity index (χ1n) is 6.56. The van der Waals surface area contributed by atoms with Crippen molar-refractivity contribution in [2.24, 2.45) is 0 Å². The molecule has 1 fully saturated rings. The molecule has 1 unspecified atom stereocenters. The minimum absolute atomic E-state index is 0.0662. The van der Waals surface area contributed by atoms with E-state index in [1.54, 1.807) is 4.90 Å². The molecule has 19 heavy (non-hydrogen) atoms. The van der Waals surface area contributed by atoms with Crippen LogP contribution in [-0.4, -0.2) is 29.4 Å². The molecule has 1 amide bonds. The zero-order chi connectivity index (χ0) is 14.0. The van der Waals surface area contributed by atoms with Crippen LogP contribution >= 0.6 is 0 Å². The van der Waals surface area contributed by atoms with Crippen molar-refractivity contribution in [2.45, 2.75) is 45.6 Å². The lowest BCUT2D eigenvalue weighted by atomic mass is 10.1. The Bertz CT molecular complexity index is 434.